The Morgan fingerprint density at radius 3 is 2.38 bits per heavy atom. The number of nitrogens with zero attached hydrogens (tertiary/aromatic N) is 2. The van der Waals surface area contributed by atoms with Crippen LogP contribution >= 0.6 is 0 Å². The number of hydrogen-bond acceptors (Lipinski definition) is 4. The molecular formula is C11H15N3OS. The monoisotopic (exact) mass is 237 g/mol. The van der Waals surface area contributed by atoms with E-state index >= 15 is 0 Å². The van der Waals surface area contributed by atoms with E-state index in [1.807, 2.05) is 12.1 Å². The first-order valence-corrected chi connectivity index (χ1v) is 6.55. The van der Waals surface area contributed by atoms with Crippen molar-refractivity contribution in [2.45, 2.75) is 30.5 Å². The molecule has 0 radical (unpaired) electrons. The van der Waals surface area contributed by atoms with Gasteiger partial charge in [-0.05, 0) is 31.5 Å². The molecule has 0 aromatic heterocycles. The molecule has 86 valence electrons. The molecule has 0 amide bonds. The normalized spacial score (nSPS) is 14.2. The van der Waals surface area contributed by atoms with Crippen molar-refractivity contribution in [3.8, 4) is 6.19 Å². The number of hydrogen-bond donors (Lipinski definition) is 1. The van der Waals surface area contributed by atoms with Gasteiger partial charge in [0.25, 0.3) is 0 Å². The standard InChI is InChI=1S/C11H15N3OS/c1-9(2)16(15,14-8-13)11-5-3-10(7-12)4-6-11/h3-6,9H,7,12H2,1-2H3/t16-/m0/s1. The highest BCUT2D eigenvalue weighted by Crippen LogP contribution is 2.19. The smallest absolute Gasteiger partial charge is 0.214 e. The van der Waals surface area contributed by atoms with Crippen molar-refractivity contribution in [1.82, 2.24) is 0 Å². The maximum atomic E-state index is 12.5. The quantitative estimate of drug-likeness (QED) is 0.815. The Hall–Kier alpha value is -1.38. The summed E-state index contributed by atoms with van der Waals surface area (Å²) in [6.07, 6.45) is 1.64. The first kappa shape index (κ1) is 12.7. The SMILES string of the molecule is CC(C)[S@@](=O)(=NC#N)c1ccc(CN)cc1. The molecule has 5 heteroatoms. The van der Waals surface area contributed by atoms with Gasteiger partial charge in [0.1, 0.15) is 0 Å². The van der Waals surface area contributed by atoms with Crippen LogP contribution in [0.4, 0.5) is 0 Å². The summed E-state index contributed by atoms with van der Waals surface area (Å²) in [6, 6.07) is 7.07. The Bertz CT molecular complexity index is 505. The zero-order valence-corrected chi connectivity index (χ0v) is 10.2. The molecule has 1 aromatic rings. The van der Waals surface area contributed by atoms with Crippen LogP contribution in [-0.2, 0) is 16.3 Å². The summed E-state index contributed by atoms with van der Waals surface area (Å²) in [4.78, 5) is 0.584. The highest BCUT2D eigenvalue weighted by molar-refractivity contribution is 7.94. The minimum atomic E-state index is -2.64. The van der Waals surface area contributed by atoms with Gasteiger partial charge in [-0.1, -0.05) is 12.1 Å². The molecule has 2 N–H and O–H groups in total. The third kappa shape index (κ3) is 2.40. The lowest BCUT2D eigenvalue weighted by Gasteiger charge is -2.12. The molecule has 0 saturated carbocycles. The van der Waals surface area contributed by atoms with Gasteiger partial charge in [-0.15, -0.1) is 4.36 Å². The second kappa shape index (κ2) is 5.10. The maximum absolute atomic E-state index is 12.5. The first-order chi connectivity index (χ1) is 7.54. The van der Waals surface area contributed by atoms with E-state index in [9.17, 15) is 4.21 Å². The van der Waals surface area contributed by atoms with Gasteiger partial charge >= 0.3 is 0 Å². The van der Waals surface area contributed by atoms with Gasteiger partial charge in [0, 0.05) is 16.7 Å². The van der Waals surface area contributed by atoms with Crippen LogP contribution in [0.15, 0.2) is 33.5 Å². The summed E-state index contributed by atoms with van der Waals surface area (Å²) in [5.74, 6) is 0. The van der Waals surface area contributed by atoms with Gasteiger partial charge in [-0.2, -0.15) is 5.26 Å². The first-order valence-electron chi connectivity index (χ1n) is 4.97. The van der Waals surface area contributed by atoms with Crippen molar-refractivity contribution in [2.24, 2.45) is 10.1 Å². The van der Waals surface area contributed by atoms with Crippen LogP contribution in [0.2, 0.25) is 0 Å². The van der Waals surface area contributed by atoms with Gasteiger partial charge in [-0.3, -0.25) is 0 Å². The third-order valence-corrected chi connectivity index (χ3v) is 4.89. The molecule has 0 heterocycles. The summed E-state index contributed by atoms with van der Waals surface area (Å²) in [5.41, 5.74) is 6.44. The summed E-state index contributed by atoms with van der Waals surface area (Å²) in [7, 11) is -2.64. The van der Waals surface area contributed by atoms with E-state index < -0.39 is 9.73 Å². The number of rotatable bonds is 3. The van der Waals surface area contributed by atoms with Crippen LogP contribution in [0.25, 0.3) is 0 Å². The predicted octanol–water partition coefficient (Wildman–Crippen LogP) is 1.86. The van der Waals surface area contributed by atoms with Crippen molar-refractivity contribution >= 4 is 9.73 Å². The van der Waals surface area contributed by atoms with Gasteiger partial charge in [0.2, 0.25) is 6.19 Å². The Morgan fingerprint density at radius 2 is 2.00 bits per heavy atom. The van der Waals surface area contributed by atoms with Gasteiger partial charge < -0.3 is 5.73 Å². The lowest BCUT2D eigenvalue weighted by molar-refractivity contribution is 0.669. The molecule has 4 nitrogen and oxygen atoms in total. The lowest BCUT2D eigenvalue weighted by atomic mass is 10.2. The molecule has 0 aliphatic heterocycles. The van der Waals surface area contributed by atoms with E-state index in [-0.39, 0.29) is 5.25 Å². The summed E-state index contributed by atoms with van der Waals surface area (Å²) >= 11 is 0. The molecule has 0 aliphatic rings. The Morgan fingerprint density at radius 1 is 1.44 bits per heavy atom. The average Bonchev–Trinajstić information content (AvgIpc) is 2.29. The van der Waals surface area contributed by atoms with Gasteiger partial charge in [0.15, 0.2) is 0 Å². The predicted molar refractivity (Wildman–Crippen MR) is 63.9 cm³/mol. The van der Waals surface area contributed by atoms with Crippen molar-refractivity contribution in [3.63, 3.8) is 0 Å². The Balaban J connectivity index is 3.31. The molecule has 1 atom stereocenters. The van der Waals surface area contributed by atoms with Crippen molar-refractivity contribution in [1.29, 1.82) is 5.26 Å². The largest absolute Gasteiger partial charge is 0.326 e. The number of nitrogens with two attached hydrogens (primary N) is 1. The number of nitriles is 1. The fourth-order valence-electron chi connectivity index (χ4n) is 1.31. The van der Waals surface area contributed by atoms with Gasteiger partial charge in [0.05, 0.1) is 9.73 Å². The van der Waals surface area contributed by atoms with Crippen LogP contribution in [0.3, 0.4) is 0 Å². The highest BCUT2D eigenvalue weighted by Gasteiger charge is 2.17. The highest BCUT2D eigenvalue weighted by atomic mass is 32.2. The fourth-order valence-corrected chi connectivity index (χ4v) is 2.82. The van der Waals surface area contributed by atoms with Crippen molar-refractivity contribution in [2.75, 3.05) is 0 Å². The maximum Gasteiger partial charge on any atom is 0.214 e. The zero-order valence-electron chi connectivity index (χ0n) is 9.38. The molecular weight excluding hydrogens is 222 g/mol. The summed E-state index contributed by atoms with van der Waals surface area (Å²) in [6.45, 7) is 4.03. The van der Waals surface area contributed by atoms with E-state index in [1.165, 1.54) is 0 Å². The molecule has 1 aromatic carbocycles. The molecule has 0 fully saturated rings. The van der Waals surface area contributed by atoms with E-state index in [4.69, 9.17) is 11.0 Å². The lowest BCUT2D eigenvalue weighted by Crippen LogP contribution is -2.13. The third-order valence-electron chi connectivity index (χ3n) is 2.31. The summed E-state index contributed by atoms with van der Waals surface area (Å²) < 4.78 is 16.0. The van der Waals surface area contributed by atoms with Crippen LogP contribution < -0.4 is 5.73 Å². The minimum absolute atomic E-state index is 0.198. The van der Waals surface area contributed by atoms with Crippen LogP contribution in [0.5, 0.6) is 0 Å². The minimum Gasteiger partial charge on any atom is -0.326 e. The fraction of sp³-hybridized carbons (Fsp3) is 0.364. The zero-order chi connectivity index (χ0) is 12.2. The van der Waals surface area contributed by atoms with Crippen LogP contribution in [0.1, 0.15) is 19.4 Å². The van der Waals surface area contributed by atoms with Crippen LogP contribution in [0, 0.1) is 11.5 Å². The van der Waals surface area contributed by atoms with Gasteiger partial charge in [-0.25, -0.2) is 4.21 Å². The van der Waals surface area contributed by atoms with E-state index in [2.05, 4.69) is 4.36 Å². The van der Waals surface area contributed by atoms with Crippen molar-refractivity contribution < 1.29 is 4.21 Å². The van der Waals surface area contributed by atoms with E-state index in [0.29, 0.717) is 11.4 Å². The van der Waals surface area contributed by atoms with E-state index in [0.717, 1.165) is 5.56 Å². The number of benzene rings is 1. The average molecular weight is 237 g/mol. The molecule has 0 unspecified atom stereocenters. The molecule has 0 aliphatic carbocycles. The summed E-state index contributed by atoms with van der Waals surface area (Å²) in [5, 5.41) is 8.40. The van der Waals surface area contributed by atoms with Crippen LogP contribution in [-0.4, -0.2) is 9.46 Å². The second-order valence-corrected chi connectivity index (χ2v) is 6.39. The molecule has 16 heavy (non-hydrogen) atoms. The second-order valence-electron chi connectivity index (χ2n) is 3.66. The molecule has 0 saturated heterocycles. The molecule has 0 spiro atoms. The molecule has 1 rings (SSSR count). The topological polar surface area (TPSA) is 79.2 Å². The van der Waals surface area contributed by atoms with Crippen molar-refractivity contribution in [3.05, 3.63) is 29.8 Å². The Labute approximate surface area is 96.3 Å². The Kier molecular flexibility index (Phi) is 4.05. The molecule has 0 bridgehead atoms. The van der Waals surface area contributed by atoms with E-state index in [1.54, 1.807) is 32.2 Å².